The van der Waals surface area contributed by atoms with E-state index in [-0.39, 0.29) is 5.91 Å². The number of nitrogens with zero attached hydrogens (tertiary/aromatic N) is 2. The summed E-state index contributed by atoms with van der Waals surface area (Å²) in [4.78, 5) is 18.8. The fraction of sp³-hybridized carbons (Fsp3) is 0.316. The SMILES string of the molecule is Cc1onc(-c2ccccc2Cl)c1C(=O)Nc1nc2c(s1)CCCCC2. The number of halogens is 1. The number of aryl methyl sites for hydroxylation is 3. The molecule has 0 saturated carbocycles. The Bertz CT molecular complexity index is 940. The van der Waals surface area contributed by atoms with Crippen LogP contribution in [0.15, 0.2) is 28.8 Å². The van der Waals surface area contributed by atoms with Gasteiger partial charge in [-0.3, -0.25) is 10.1 Å². The highest BCUT2D eigenvalue weighted by molar-refractivity contribution is 7.15. The van der Waals surface area contributed by atoms with Crippen LogP contribution in [0, 0.1) is 6.92 Å². The molecule has 3 aromatic rings. The second kappa shape index (κ2) is 7.21. The van der Waals surface area contributed by atoms with Gasteiger partial charge in [0.25, 0.3) is 5.91 Å². The molecule has 26 heavy (non-hydrogen) atoms. The minimum Gasteiger partial charge on any atom is -0.360 e. The second-order valence-electron chi connectivity index (χ2n) is 6.35. The summed E-state index contributed by atoms with van der Waals surface area (Å²) >= 11 is 7.83. The number of carbonyl (C=O) groups is 1. The third-order valence-electron chi connectivity index (χ3n) is 4.53. The Morgan fingerprint density at radius 1 is 1.23 bits per heavy atom. The summed E-state index contributed by atoms with van der Waals surface area (Å²) in [5, 5.41) is 8.12. The number of amides is 1. The zero-order valence-corrected chi connectivity index (χ0v) is 15.9. The molecule has 0 unspecified atom stereocenters. The Balaban J connectivity index is 1.64. The summed E-state index contributed by atoms with van der Waals surface area (Å²) in [6.45, 7) is 1.72. The van der Waals surface area contributed by atoms with Crippen LogP contribution in [0.3, 0.4) is 0 Å². The Labute approximate surface area is 160 Å². The van der Waals surface area contributed by atoms with Crippen molar-refractivity contribution in [3.8, 4) is 11.3 Å². The Hall–Kier alpha value is -2.18. The van der Waals surface area contributed by atoms with Crippen LogP contribution in [0.25, 0.3) is 11.3 Å². The van der Waals surface area contributed by atoms with Gasteiger partial charge >= 0.3 is 0 Å². The molecular formula is C19H18ClN3O2S. The van der Waals surface area contributed by atoms with Crippen molar-refractivity contribution in [2.24, 2.45) is 0 Å². The van der Waals surface area contributed by atoms with Crippen molar-refractivity contribution < 1.29 is 9.32 Å². The predicted molar refractivity (Wildman–Crippen MR) is 103 cm³/mol. The third kappa shape index (κ3) is 3.27. The zero-order valence-electron chi connectivity index (χ0n) is 14.3. The largest absolute Gasteiger partial charge is 0.360 e. The molecule has 0 atom stereocenters. The first-order valence-corrected chi connectivity index (χ1v) is 9.84. The van der Waals surface area contributed by atoms with E-state index in [9.17, 15) is 4.79 Å². The normalized spacial score (nSPS) is 13.9. The lowest BCUT2D eigenvalue weighted by atomic mass is 10.1. The van der Waals surface area contributed by atoms with Crippen molar-refractivity contribution in [2.45, 2.75) is 39.0 Å². The van der Waals surface area contributed by atoms with E-state index in [0.29, 0.717) is 32.7 Å². The maximum atomic E-state index is 12.9. The maximum absolute atomic E-state index is 12.9. The molecule has 0 fully saturated rings. The van der Waals surface area contributed by atoms with Crippen LogP contribution in [0.5, 0.6) is 0 Å². The van der Waals surface area contributed by atoms with Crippen molar-refractivity contribution in [3.63, 3.8) is 0 Å². The van der Waals surface area contributed by atoms with E-state index in [4.69, 9.17) is 16.1 Å². The highest BCUT2D eigenvalue weighted by Gasteiger charge is 2.24. The number of hydrogen-bond acceptors (Lipinski definition) is 5. The second-order valence-corrected chi connectivity index (χ2v) is 7.84. The van der Waals surface area contributed by atoms with Gasteiger partial charge in [-0.1, -0.05) is 41.4 Å². The molecule has 134 valence electrons. The van der Waals surface area contributed by atoms with Crippen LogP contribution < -0.4 is 5.32 Å². The quantitative estimate of drug-likeness (QED) is 0.620. The van der Waals surface area contributed by atoms with E-state index < -0.39 is 0 Å². The monoisotopic (exact) mass is 387 g/mol. The van der Waals surface area contributed by atoms with Gasteiger partial charge in [0.1, 0.15) is 17.0 Å². The van der Waals surface area contributed by atoms with Gasteiger partial charge < -0.3 is 4.52 Å². The average molecular weight is 388 g/mol. The Kier molecular flexibility index (Phi) is 4.78. The predicted octanol–water partition coefficient (Wildman–Crippen LogP) is 5.28. The number of rotatable bonds is 3. The highest BCUT2D eigenvalue weighted by Crippen LogP contribution is 2.33. The molecule has 2 heterocycles. The minimum atomic E-state index is -0.275. The Morgan fingerprint density at radius 2 is 2.04 bits per heavy atom. The molecule has 1 N–H and O–H groups in total. The van der Waals surface area contributed by atoms with Crippen LogP contribution in [0.1, 0.15) is 46.0 Å². The van der Waals surface area contributed by atoms with Gasteiger partial charge in [0.05, 0.1) is 10.7 Å². The molecule has 0 saturated heterocycles. The molecule has 0 aliphatic heterocycles. The topological polar surface area (TPSA) is 68.0 Å². The van der Waals surface area contributed by atoms with Gasteiger partial charge in [0, 0.05) is 10.4 Å². The van der Waals surface area contributed by atoms with Crippen molar-refractivity contribution in [1.82, 2.24) is 10.1 Å². The van der Waals surface area contributed by atoms with Crippen LogP contribution in [0.4, 0.5) is 5.13 Å². The summed E-state index contributed by atoms with van der Waals surface area (Å²) in [6, 6.07) is 7.27. The van der Waals surface area contributed by atoms with Gasteiger partial charge in [-0.25, -0.2) is 4.98 Å². The Morgan fingerprint density at radius 3 is 2.88 bits per heavy atom. The smallest absolute Gasteiger partial charge is 0.263 e. The first-order chi connectivity index (χ1) is 12.6. The maximum Gasteiger partial charge on any atom is 0.263 e. The number of carbonyl (C=O) groups excluding carboxylic acids is 1. The number of thiazole rings is 1. The molecule has 7 heteroatoms. The molecule has 2 aromatic heterocycles. The number of anilines is 1. The lowest BCUT2D eigenvalue weighted by Gasteiger charge is -2.04. The molecular weight excluding hydrogens is 370 g/mol. The van der Waals surface area contributed by atoms with Gasteiger partial charge in [-0.15, -0.1) is 11.3 Å². The molecule has 5 nitrogen and oxygen atoms in total. The zero-order chi connectivity index (χ0) is 18.1. The lowest BCUT2D eigenvalue weighted by molar-refractivity contribution is 0.102. The molecule has 0 spiro atoms. The summed E-state index contributed by atoms with van der Waals surface area (Å²) < 4.78 is 5.28. The fourth-order valence-electron chi connectivity index (χ4n) is 3.22. The van der Waals surface area contributed by atoms with E-state index in [1.54, 1.807) is 24.3 Å². The fourth-order valence-corrected chi connectivity index (χ4v) is 4.49. The van der Waals surface area contributed by atoms with E-state index in [1.165, 1.54) is 17.7 Å². The molecule has 0 bridgehead atoms. The van der Waals surface area contributed by atoms with E-state index in [1.807, 2.05) is 18.2 Å². The lowest BCUT2D eigenvalue weighted by Crippen LogP contribution is -2.13. The van der Waals surface area contributed by atoms with Gasteiger partial charge in [-0.05, 0) is 38.7 Å². The summed E-state index contributed by atoms with van der Waals surface area (Å²) in [5.41, 5.74) is 2.63. The standard InChI is InChI=1S/C19H18ClN3O2S/c1-11-16(17(23-25-11)12-7-5-6-8-13(12)20)18(24)22-19-21-14-9-3-2-4-10-15(14)26-19/h5-8H,2-4,9-10H2,1H3,(H,21,22,24). The first-order valence-electron chi connectivity index (χ1n) is 8.64. The number of aromatic nitrogens is 2. The van der Waals surface area contributed by atoms with E-state index in [0.717, 1.165) is 25.0 Å². The molecule has 1 aromatic carbocycles. The molecule has 1 aliphatic rings. The summed E-state index contributed by atoms with van der Waals surface area (Å²) in [6.07, 6.45) is 5.61. The van der Waals surface area contributed by atoms with E-state index >= 15 is 0 Å². The van der Waals surface area contributed by atoms with Gasteiger partial charge in [-0.2, -0.15) is 0 Å². The van der Waals surface area contributed by atoms with Crippen LogP contribution in [0.2, 0.25) is 5.02 Å². The first kappa shape index (κ1) is 17.2. The number of nitrogens with one attached hydrogen (secondary N) is 1. The van der Waals surface area contributed by atoms with Crippen LogP contribution in [-0.4, -0.2) is 16.0 Å². The average Bonchev–Trinajstić information content (AvgIpc) is 3.11. The van der Waals surface area contributed by atoms with Crippen molar-refractivity contribution in [2.75, 3.05) is 5.32 Å². The highest BCUT2D eigenvalue weighted by atomic mass is 35.5. The molecule has 1 aliphatic carbocycles. The third-order valence-corrected chi connectivity index (χ3v) is 5.94. The summed E-state index contributed by atoms with van der Waals surface area (Å²) in [5.74, 6) is 0.179. The van der Waals surface area contributed by atoms with Crippen LogP contribution >= 0.6 is 22.9 Å². The molecule has 4 rings (SSSR count). The van der Waals surface area contributed by atoms with Crippen molar-refractivity contribution in [1.29, 1.82) is 0 Å². The molecule has 0 radical (unpaired) electrons. The molecule has 1 amide bonds. The van der Waals surface area contributed by atoms with E-state index in [2.05, 4.69) is 15.5 Å². The van der Waals surface area contributed by atoms with Crippen LogP contribution in [-0.2, 0) is 12.8 Å². The minimum absolute atomic E-state index is 0.275. The van der Waals surface area contributed by atoms with Gasteiger partial charge in [0.15, 0.2) is 5.13 Å². The van der Waals surface area contributed by atoms with Gasteiger partial charge in [0.2, 0.25) is 0 Å². The summed E-state index contributed by atoms with van der Waals surface area (Å²) in [7, 11) is 0. The van der Waals surface area contributed by atoms with Crippen molar-refractivity contribution in [3.05, 3.63) is 51.2 Å². The number of hydrogen-bond donors (Lipinski definition) is 1. The van der Waals surface area contributed by atoms with Crippen molar-refractivity contribution >= 4 is 34.0 Å². The number of benzene rings is 1. The number of fused-ring (bicyclic) bond motifs is 1.